The van der Waals surface area contributed by atoms with Crippen molar-refractivity contribution < 1.29 is 28.5 Å². The maximum atomic E-state index is 14.2. The molecule has 10 heteroatoms. The highest BCUT2D eigenvalue weighted by Gasteiger charge is 2.34. The second kappa shape index (κ2) is 15.0. The number of allylic oxidation sites excluding steroid dienone is 1. The molecule has 50 heavy (non-hydrogen) atoms. The van der Waals surface area contributed by atoms with Crippen molar-refractivity contribution in [3.8, 4) is 23.0 Å². The summed E-state index contributed by atoms with van der Waals surface area (Å²) in [5.41, 5.74) is 2.94. The number of carbonyl (C=O) groups excluding carboxylic acids is 1. The summed E-state index contributed by atoms with van der Waals surface area (Å²) < 4.78 is 31.2. The monoisotopic (exact) mass is 692 g/mol. The Morgan fingerprint density at radius 3 is 2.42 bits per heavy atom. The number of esters is 1. The van der Waals surface area contributed by atoms with Crippen LogP contribution in [0.2, 0.25) is 0 Å². The zero-order valence-corrected chi connectivity index (χ0v) is 29.8. The fourth-order valence-electron chi connectivity index (χ4n) is 5.96. The first-order valence-corrected chi connectivity index (χ1v) is 17.4. The normalized spacial score (nSPS) is 14.4. The van der Waals surface area contributed by atoms with E-state index in [4.69, 9.17) is 28.7 Å². The largest absolute Gasteiger partial charge is 0.493 e. The van der Waals surface area contributed by atoms with Crippen molar-refractivity contribution in [3.63, 3.8) is 0 Å². The second-order valence-electron chi connectivity index (χ2n) is 12.0. The Bertz CT molecular complexity index is 2270. The number of hydrogen-bond acceptors (Lipinski definition) is 9. The summed E-state index contributed by atoms with van der Waals surface area (Å²) in [6, 6.07) is 24.7. The molecule has 4 aromatic carbocycles. The molecule has 0 spiro atoms. The lowest BCUT2D eigenvalue weighted by atomic mass is 9.95. The lowest BCUT2D eigenvalue weighted by molar-refractivity contribution is -0.139. The lowest BCUT2D eigenvalue weighted by Gasteiger charge is -2.25. The molecule has 2 heterocycles. The molecule has 0 bridgehead atoms. The van der Waals surface area contributed by atoms with Gasteiger partial charge in [0.25, 0.3) is 5.56 Å². The quantitative estimate of drug-likeness (QED) is 0.134. The third-order valence-corrected chi connectivity index (χ3v) is 9.14. The van der Waals surface area contributed by atoms with Crippen LogP contribution in [0.3, 0.4) is 0 Å². The van der Waals surface area contributed by atoms with E-state index in [1.807, 2.05) is 57.2 Å². The van der Waals surface area contributed by atoms with Crippen LogP contribution in [0.4, 0.5) is 0 Å². The van der Waals surface area contributed by atoms with Crippen LogP contribution in [0.1, 0.15) is 57.4 Å². The molecule has 0 saturated carbocycles. The number of aromatic nitrogens is 1. The average Bonchev–Trinajstić information content (AvgIpc) is 3.40. The molecule has 1 aliphatic heterocycles. The zero-order valence-electron chi connectivity index (χ0n) is 29.0. The van der Waals surface area contributed by atoms with Gasteiger partial charge in [-0.2, -0.15) is 0 Å². The van der Waals surface area contributed by atoms with Crippen molar-refractivity contribution in [3.05, 3.63) is 127 Å². The Kier molecular flexibility index (Phi) is 10.4. The first-order chi connectivity index (χ1) is 24.2. The molecule has 0 fully saturated rings. The van der Waals surface area contributed by atoms with Gasteiger partial charge in [0.1, 0.15) is 6.61 Å². The number of benzene rings is 4. The van der Waals surface area contributed by atoms with Crippen molar-refractivity contribution in [1.82, 2.24) is 4.57 Å². The number of hydrogen-bond donors (Lipinski definition) is 0. The Balaban J connectivity index is 1.38. The number of fused-ring (bicyclic) bond motifs is 2. The van der Waals surface area contributed by atoms with Crippen LogP contribution in [0.15, 0.2) is 99.9 Å². The first-order valence-electron chi connectivity index (χ1n) is 16.6. The van der Waals surface area contributed by atoms with Gasteiger partial charge < -0.3 is 23.7 Å². The summed E-state index contributed by atoms with van der Waals surface area (Å²) in [6.45, 7) is 10.3. The van der Waals surface area contributed by atoms with Gasteiger partial charge in [-0.15, -0.1) is 0 Å². The number of thiazole rings is 1. The third-order valence-electron chi connectivity index (χ3n) is 8.16. The highest BCUT2D eigenvalue weighted by molar-refractivity contribution is 7.07. The Morgan fingerprint density at radius 1 is 0.900 bits per heavy atom. The molecule has 1 aromatic heterocycles. The molecule has 0 amide bonds. The molecule has 1 atom stereocenters. The van der Waals surface area contributed by atoms with Crippen LogP contribution < -0.4 is 33.8 Å². The van der Waals surface area contributed by atoms with Crippen molar-refractivity contribution in [2.45, 2.75) is 53.4 Å². The van der Waals surface area contributed by atoms with Crippen LogP contribution in [-0.2, 0) is 16.1 Å². The zero-order chi connectivity index (χ0) is 35.4. The third kappa shape index (κ3) is 7.16. The topological polar surface area (TPSA) is 97.6 Å². The van der Waals surface area contributed by atoms with Gasteiger partial charge in [-0.25, -0.2) is 9.79 Å². The minimum Gasteiger partial charge on any atom is -0.493 e. The number of carbonyl (C=O) groups is 1. The summed E-state index contributed by atoms with van der Waals surface area (Å²) >= 11 is 1.25. The predicted octanol–water partition coefficient (Wildman–Crippen LogP) is 6.73. The molecule has 0 N–H and O–H groups in total. The molecule has 0 radical (unpaired) electrons. The van der Waals surface area contributed by atoms with Crippen LogP contribution in [0.5, 0.6) is 23.0 Å². The van der Waals surface area contributed by atoms with E-state index in [1.165, 1.54) is 16.7 Å². The average molecular weight is 693 g/mol. The van der Waals surface area contributed by atoms with Gasteiger partial charge in [0.2, 0.25) is 0 Å². The van der Waals surface area contributed by atoms with Crippen molar-refractivity contribution in [2.75, 3.05) is 20.3 Å². The molecule has 5 aromatic rings. The molecule has 0 aliphatic carbocycles. The van der Waals surface area contributed by atoms with E-state index in [2.05, 4.69) is 30.3 Å². The van der Waals surface area contributed by atoms with Gasteiger partial charge in [0.15, 0.2) is 27.8 Å². The van der Waals surface area contributed by atoms with Gasteiger partial charge in [-0.05, 0) is 98.5 Å². The number of nitrogens with zero attached hydrogens (tertiary/aromatic N) is 2. The molecule has 1 aliphatic rings. The van der Waals surface area contributed by atoms with Crippen LogP contribution in [0, 0.1) is 0 Å². The van der Waals surface area contributed by atoms with E-state index < -0.39 is 12.0 Å². The highest BCUT2D eigenvalue weighted by Crippen LogP contribution is 2.37. The number of rotatable bonds is 12. The SMILES string of the molecule is CCOC(=O)C1=C(C)N=c2s/c(=C\c3ccc(OCc4ccc5ccccc5c4)c(OCC)c3)c(=O)n2[C@@H]1c1ccc(OC(C)C)c(OC)c1. The van der Waals surface area contributed by atoms with E-state index in [1.54, 1.807) is 43.7 Å². The minimum atomic E-state index is -0.792. The van der Waals surface area contributed by atoms with Gasteiger partial charge in [0, 0.05) is 0 Å². The Labute approximate surface area is 294 Å². The molecule has 258 valence electrons. The smallest absolute Gasteiger partial charge is 0.338 e. The summed E-state index contributed by atoms with van der Waals surface area (Å²) in [6.07, 6.45) is 1.73. The van der Waals surface area contributed by atoms with Crippen LogP contribution in [-0.4, -0.2) is 37.0 Å². The summed E-state index contributed by atoms with van der Waals surface area (Å²) in [4.78, 5) is 32.8. The predicted molar refractivity (Wildman–Crippen MR) is 195 cm³/mol. The van der Waals surface area contributed by atoms with Gasteiger partial charge in [-0.3, -0.25) is 9.36 Å². The van der Waals surface area contributed by atoms with Crippen molar-refractivity contribution >= 4 is 34.2 Å². The molecule has 6 rings (SSSR count). The standard InChI is InChI=1S/C40H40N2O7S/c1-7-46-34-20-26(14-17-31(34)48-23-27-13-15-28-11-9-10-12-29(28)19-27)21-35-38(43)42-37(30-16-18-32(49-24(3)4)33(22-30)45-6)36(39(44)47-8-2)25(5)41-40(42)50-35/h9-22,24,37H,7-8,23H2,1-6H3/b35-21-/t37-/m1/s1. The summed E-state index contributed by atoms with van der Waals surface area (Å²) in [5.74, 6) is 1.70. The van der Waals surface area contributed by atoms with E-state index in [-0.39, 0.29) is 23.8 Å². The second-order valence-corrected chi connectivity index (χ2v) is 13.0. The summed E-state index contributed by atoms with van der Waals surface area (Å²) in [5, 5.41) is 2.33. The maximum Gasteiger partial charge on any atom is 0.338 e. The first kappa shape index (κ1) is 34.5. The number of ether oxygens (including phenoxy) is 5. The number of methoxy groups -OCH3 is 1. The van der Waals surface area contributed by atoms with E-state index in [9.17, 15) is 9.59 Å². The molecule has 9 nitrogen and oxygen atoms in total. The van der Waals surface area contributed by atoms with Crippen molar-refractivity contribution in [2.24, 2.45) is 4.99 Å². The van der Waals surface area contributed by atoms with E-state index >= 15 is 0 Å². The molecular weight excluding hydrogens is 653 g/mol. The fraction of sp³-hybridized carbons (Fsp3) is 0.275. The Hall–Kier alpha value is -5.35. The van der Waals surface area contributed by atoms with E-state index in [0.29, 0.717) is 56.8 Å². The summed E-state index contributed by atoms with van der Waals surface area (Å²) in [7, 11) is 1.56. The minimum absolute atomic E-state index is 0.0712. The van der Waals surface area contributed by atoms with Crippen molar-refractivity contribution in [1.29, 1.82) is 0 Å². The highest BCUT2D eigenvalue weighted by atomic mass is 32.1. The van der Waals surface area contributed by atoms with Gasteiger partial charge >= 0.3 is 5.97 Å². The fourth-order valence-corrected chi connectivity index (χ4v) is 7.00. The lowest BCUT2D eigenvalue weighted by Crippen LogP contribution is -2.40. The van der Waals surface area contributed by atoms with E-state index in [0.717, 1.165) is 16.5 Å². The van der Waals surface area contributed by atoms with Gasteiger partial charge in [0.05, 0.1) is 48.3 Å². The Morgan fingerprint density at radius 2 is 1.68 bits per heavy atom. The van der Waals surface area contributed by atoms with Crippen LogP contribution >= 0.6 is 11.3 Å². The van der Waals surface area contributed by atoms with Crippen LogP contribution in [0.25, 0.3) is 16.8 Å². The van der Waals surface area contributed by atoms with Gasteiger partial charge in [-0.1, -0.05) is 59.9 Å². The molecular formula is C40H40N2O7S. The maximum absolute atomic E-state index is 14.2. The molecule has 0 saturated heterocycles. The molecule has 0 unspecified atom stereocenters.